The summed E-state index contributed by atoms with van der Waals surface area (Å²) in [5.74, 6) is 0. The largest absolute Gasteiger partial charge is 0.283 e. The Morgan fingerprint density at radius 1 is 1.14 bits per heavy atom. The smallest absolute Gasteiger partial charge is 0.0490 e. The Hall–Kier alpha value is -0.310. The molecule has 0 saturated heterocycles. The van der Waals surface area contributed by atoms with Crippen molar-refractivity contribution in [1.29, 1.82) is 0 Å². The molecule has 0 aliphatic heterocycles. The van der Waals surface area contributed by atoms with Gasteiger partial charge in [-0.3, -0.25) is 5.10 Å². The Balaban J connectivity index is 0.00000169. The number of rotatable bonds is 7. The predicted octanol–water partition coefficient (Wildman–Crippen LogP) is 3.89. The fourth-order valence-electron chi connectivity index (χ4n) is 1.52. The van der Waals surface area contributed by atoms with Crippen LogP contribution in [0.25, 0.3) is 0 Å². The summed E-state index contributed by atoms with van der Waals surface area (Å²) in [5.41, 5.74) is 1.27. The molecule has 1 heterocycles. The minimum atomic E-state index is 0. The van der Waals surface area contributed by atoms with Crippen LogP contribution in [0, 0.1) is 0 Å². The van der Waals surface area contributed by atoms with Gasteiger partial charge in [-0.1, -0.05) is 39.0 Å². The van der Waals surface area contributed by atoms with E-state index in [1.165, 1.54) is 44.2 Å². The molecule has 1 aromatic heterocycles. The van der Waals surface area contributed by atoms with Crippen LogP contribution in [0.5, 0.6) is 0 Å². The molecular weight excluding hydrogens is 240 g/mol. The quantitative estimate of drug-likeness (QED) is 0.741. The van der Waals surface area contributed by atoms with E-state index in [1.54, 1.807) is 0 Å². The van der Waals surface area contributed by atoms with Crippen molar-refractivity contribution in [2.45, 2.75) is 51.9 Å². The zero-order valence-electron chi connectivity index (χ0n) is 8.96. The number of aromatic amines is 1. The first kappa shape index (κ1) is 13.7. The van der Waals surface area contributed by atoms with E-state index in [2.05, 4.69) is 23.2 Å². The van der Waals surface area contributed by atoms with E-state index in [-0.39, 0.29) is 17.0 Å². The van der Waals surface area contributed by atoms with Crippen LogP contribution < -0.4 is 0 Å². The van der Waals surface area contributed by atoms with Gasteiger partial charge >= 0.3 is 0 Å². The second-order valence-corrected chi connectivity index (χ2v) is 3.60. The summed E-state index contributed by atoms with van der Waals surface area (Å²) in [6.45, 7) is 2.25. The number of aryl methyl sites for hydroxylation is 1. The molecule has 0 aliphatic carbocycles. The first-order chi connectivity index (χ1) is 6.43. The lowest BCUT2D eigenvalue weighted by atomic mass is 10.1. The average Bonchev–Trinajstić information content (AvgIpc) is 2.63. The molecule has 1 aromatic rings. The number of nitrogens with one attached hydrogen (secondary N) is 1. The van der Waals surface area contributed by atoms with Crippen molar-refractivity contribution in [2.75, 3.05) is 0 Å². The Kier molecular flexibility index (Phi) is 9.05. The van der Waals surface area contributed by atoms with Crippen molar-refractivity contribution in [3.63, 3.8) is 0 Å². The summed E-state index contributed by atoms with van der Waals surface area (Å²) in [5, 5.41) is 6.91. The van der Waals surface area contributed by atoms with Crippen LogP contribution in [-0.4, -0.2) is 10.2 Å². The summed E-state index contributed by atoms with van der Waals surface area (Å²) in [4.78, 5) is 0. The fraction of sp³-hybridized carbons (Fsp3) is 0.727. The summed E-state index contributed by atoms with van der Waals surface area (Å²) in [6, 6.07) is 2.06. The maximum Gasteiger partial charge on any atom is 0.0490 e. The molecule has 0 bridgehead atoms. The number of hydrogen-bond donors (Lipinski definition) is 1. The maximum absolute atomic E-state index is 3.93. The Bertz CT molecular complexity index is 197. The normalized spacial score (nSPS) is 9.79. The highest BCUT2D eigenvalue weighted by atomic mass is 79.9. The zero-order chi connectivity index (χ0) is 9.36. The predicted molar refractivity (Wildman–Crippen MR) is 66.0 cm³/mol. The second-order valence-electron chi connectivity index (χ2n) is 3.60. The lowest BCUT2D eigenvalue weighted by Gasteiger charge is -1.98. The molecule has 0 aromatic carbocycles. The number of aromatic nitrogens is 2. The van der Waals surface area contributed by atoms with Crippen LogP contribution in [0.1, 0.15) is 51.1 Å². The molecule has 0 unspecified atom stereocenters. The van der Waals surface area contributed by atoms with Crippen LogP contribution in [0.2, 0.25) is 0 Å². The van der Waals surface area contributed by atoms with E-state index in [1.807, 2.05) is 6.20 Å². The summed E-state index contributed by atoms with van der Waals surface area (Å²) in [6.07, 6.45) is 11.2. The molecule has 0 radical (unpaired) electrons. The van der Waals surface area contributed by atoms with Gasteiger partial charge in [-0.2, -0.15) is 5.10 Å². The monoisotopic (exact) mass is 260 g/mol. The molecular formula is C11H21BrN2. The third-order valence-electron chi connectivity index (χ3n) is 2.36. The van der Waals surface area contributed by atoms with Crippen LogP contribution in [-0.2, 0) is 6.42 Å². The van der Waals surface area contributed by atoms with Crippen molar-refractivity contribution in [3.05, 3.63) is 18.0 Å². The second kappa shape index (κ2) is 9.25. The molecule has 0 saturated carbocycles. The minimum absolute atomic E-state index is 0. The summed E-state index contributed by atoms with van der Waals surface area (Å²) in [7, 11) is 0. The first-order valence-electron chi connectivity index (χ1n) is 5.41. The minimum Gasteiger partial charge on any atom is -0.283 e. The molecule has 0 atom stereocenters. The van der Waals surface area contributed by atoms with Crippen molar-refractivity contribution in [2.24, 2.45) is 0 Å². The van der Waals surface area contributed by atoms with Gasteiger partial charge in [0.1, 0.15) is 0 Å². The molecule has 0 amide bonds. The van der Waals surface area contributed by atoms with Crippen molar-refractivity contribution in [1.82, 2.24) is 10.2 Å². The number of nitrogens with zero attached hydrogens (tertiary/aromatic N) is 1. The van der Waals surface area contributed by atoms with E-state index >= 15 is 0 Å². The Labute approximate surface area is 97.3 Å². The average molecular weight is 261 g/mol. The number of halogens is 1. The molecule has 2 nitrogen and oxygen atoms in total. The molecule has 0 aliphatic rings. The van der Waals surface area contributed by atoms with Gasteiger partial charge in [-0.25, -0.2) is 0 Å². The Morgan fingerprint density at radius 2 is 1.86 bits per heavy atom. The van der Waals surface area contributed by atoms with E-state index in [9.17, 15) is 0 Å². The van der Waals surface area contributed by atoms with Crippen LogP contribution in [0.15, 0.2) is 12.3 Å². The van der Waals surface area contributed by atoms with Gasteiger partial charge in [0, 0.05) is 11.9 Å². The topological polar surface area (TPSA) is 28.7 Å². The lowest BCUT2D eigenvalue weighted by molar-refractivity contribution is 0.604. The number of hydrogen-bond acceptors (Lipinski definition) is 1. The third-order valence-corrected chi connectivity index (χ3v) is 2.36. The van der Waals surface area contributed by atoms with Gasteiger partial charge in [0.2, 0.25) is 0 Å². The third kappa shape index (κ3) is 6.19. The van der Waals surface area contributed by atoms with E-state index < -0.39 is 0 Å². The van der Waals surface area contributed by atoms with Crippen LogP contribution >= 0.6 is 17.0 Å². The van der Waals surface area contributed by atoms with Gasteiger partial charge in [-0.15, -0.1) is 17.0 Å². The Morgan fingerprint density at radius 3 is 2.50 bits per heavy atom. The van der Waals surface area contributed by atoms with Crippen molar-refractivity contribution < 1.29 is 0 Å². The molecule has 14 heavy (non-hydrogen) atoms. The van der Waals surface area contributed by atoms with Gasteiger partial charge in [0.15, 0.2) is 0 Å². The van der Waals surface area contributed by atoms with Crippen molar-refractivity contribution in [3.8, 4) is 0 Å². The van der Waals surface area contributed by atoms with Gasteiger partial charge in [0.05, 0.1) is 0 Å². The molecule has 0 fully saturated rings. The van der Waals surface area contributed by atoms with Crippen LogP contribution in [0.3, 0.4) is 0 Å². The molecule has 3 heteroatoms. The molecule has 82 valence electrons. The van der Waals surface area contributed by atoms with Gasteiger partial charge in [0.25, 0.3) is 0 Å². The van der Waals surface area contributed by atoms with Gasteiger partial charge in [-0.05, 0) is 18.9 Å². The van der Waals surface area contributed by atoms with Crippen molar-refractivity contribution >= 4 is 17.0 Å². The molecule has 0 spiro atoms. The lowest BCUT2D eigenvalue weighted by Crippen LogP contribution is -1.86. The molecule has 1 rings (SSSR count). The SMILES string of the molecule is Br.CCCCCCCCc1ccn[nH]1. The van der Waals surface area contributed by atoms with Crippen LogP contribution in [0.4, 0.5) is 0 Å². The van der Waals surface area contributed by atoms with E-state index in [4.69, 9.17) is 0 Å². The van der Waals surface area contributed by atoms with E-state index in [0.29, 0.717) is 0 Å². The zero-order valence-corrected chi connectivity index (χ0v) is 10.7. The highest BCUT2D eigenvalue weighted by Crippen LogP contribution is 2.07. The summed E-state index contributed by atoms with van der Waals surface area (Å²) < 4.78 is 0. The molecule has 1 N–H and O–H groups in total. The number of unbranched alkanes of at least 4 members (excludes halogenated alkanes) is 5. The maximum atomic E-state index is 3.93. The van der Waals surface area contributed by atoms with Gasteiger partial charge < -0.3 is 0 Å². The first-order valence-corrected chi connectivity index (χ1v) is 5.41. The number of H-pyrrole nitrogens is 1. The highest BCUT2D eigenvalue weighted by Gasteiger charge is 1.93. The summed E-state index contributed by atoms with van der Waals surface area (Å²) >= 11 is 0. The standard InChI is InChI=1S/C11H20N2.BrH/c1-2-3-4-5-6-7-8-11-9-10-12-13-11;/h9-10H,2-8H2,1H3,(H,12,13);1H. The highest BCUT2D eigenvalue weighted by molar-refractivity contribution is 8.93. The fourth-order valence-corrected chi connectivity index (χ4v) is 1.52. The van der Waals surface area contributed by atoms with E-state index in [0.717, 1.165) is 6.42 Å².